The number of carbonyl (C=O) groups is 3. The zero-order chi connectivity index (χ0) is 35.2. The number of amides is 2. The fraction of sp³-hybridized carbons (Fsp3) is 0.357. The molecule has 0 bridgehead atoms. The van der Waals surface area contributed by atoms with Crippen LogP contribution in [-0.4, -0.2) is 116 Å². The Morgan fingerprint density at radius 3 is 2.38 bits per heavy atom. The second-order valence-electron chi connectivity index (χ2n) is 10.8. The maximum atomic E-state index is 13.6. The third-order valence-electron chi connectivity index (χ3n) is 7.58. The van der Waals surface area contributed by atoms with Gasteiger partial charge in [0.05, 0.1) is 5.69 Å². The number of para-hydroxylation sites is 1. The van der Waals surface area contributed by atoms with Crippen molar-refractivity contribution in [3.63, 3.8) is 0 Å². The molecule has 1 aromatic heterocycles. The zero-order valence-corrected chi connectivity index (χ0v) is 26.8. The fourth-order valence-corrected chi connectivity index (χ4v) is 6.48. The molecular weight excluding hydrogens is 683 g/mol. The Kier molecular flexibility index (Phi) is 11.5. The van der Waals surface area contributed by atoms with Gasteiger partial charge in [-0.15, -0.1) is 5.10 Å². The number of hydrogen-bond acceptors (Lipinski definition) is 9. The number of alkyl halides is 3. The van der Waals surface area contributed by atoms with E-state index in [1.807, 2.05) is 18.2 Å². The summed E-state index contributed by atoms with van der Waals surface area (Å²) in [6.07, 6.45) is -0.217. The molecule has 0 saturated carbocycles. The molecule has 2 amide bonds. The first-order valence-electron chi connectivity index (χ1n) is 14.3. The number of carboxylic acid groups (broad SMARTS) is 1. The molecule has 2 fully saturated rings. The lowest BCUT2D eigenvalue weighted by molar-refractivity contribution is -0.192. The van der Waals surface area contributed by atoms with Gasteiger partial charge in [0.25, 0.3) is 10.2 Å². The first-order valence-corrected chi connectivity index (χ1v) is 16.1. The highest BCUT2D eigenvalue weighted by Gasteiger charge is 2.43. The second kappa shape index (κ2) is 15.2. The molecule has 20 heteroatoms. The molecule has 2 aliphatic heterocycles. The molecule has 3 atom stereocenters. The average Bonchev–Trinajstić information content (AvgIpc) is 3.71. The number of nitrogens with zero attached hydrogens (tertiary/aromatic N) is 7. The molecule has 2 saturated heterocycles. The molecule has 3 aromatic rings. The summed E-state index contributed by atoms with van der Waals surface area (Å²) >= 11 is 6.22. The number of carbonyl (C=O) groups excluding carboxylic acids is 2. The van der Waals surface area contributed by atoms with E-state index in [-0.39, 0.29) is 30.4 Å². The van der Waals surface area contributed by atoms with Gasteiger partial charge in [-0.2, -0.15) is 30.6 Å². The van der Waals surface area contributed by atoms with E-state index in [4.69, 9.17) is 26.6 Å². The number of carboxylic acids is 1. The normalized spacial score (nSPS) is 20.7. The van der Waals surface area contributed by atoms with Crippen LogP contribution < -0.4 is 10.5 Å². The van der Waals surface area contributed by atoms with Crippen molar-refractivity contribution < 1.29 is 41.1 Å². The Balaban J connectivity index is 0.000000671. The van der Waals surface area contributed by atoms with Crippen molar-refractivity contribution in [2.75, 3.05) is 31.5 Å². The number of anilines is 1. The number of aromatic nitrogens is 4. The number of likely N-dealkylation sites (tertiary alicyclic amines) is 1. The summed E-state index contributed by atoms with van der Waals surface area (Å²) in [5.41, 5.74) is 1.87. The summed E-state index contributed by atoms with van der Waals surface area (Å²) in [5.74, 6) is -3.40. The number of nitrogens with two attached hydrogens (primary N) is 1. The van der Waals surface area contributed by atoms with E-state index in [0.717, 1.165) is 0 Å². The summed E-state index contributed by atoms with van der Waals surface area (Å²) in [6.45, 7) is 3.20. The van der Waals surface area contributed by atoms with Crippen LogP contribution in [-0.2, 0) is 24.6 Å². The monoisotopic (exact) mass is 713 g/mol. The number of tetrazole rings is 1. The molecule has 15 nitrogen and oxygen atoms in total. The standard InChI is InChI=1S/C26H30ClN9O4S.C2HF3O2/c1-18-15-33(11-12-36(18)41(28,39)40)22-14-24(26(38)30-21-5-3-2-4-6-21)34(16-22)25(37)10-7-19-13-20(27)8-9-23(19)35-17-29-31-32-35;3-2(4,5)1(6)7/h2-10,13,17-18,22,24H,11-12,14-16H2,1H3,(H,30,38)(H2,28,39,40);(H,6,7)/t18-,22-,24-;/m0./s1. The minimum absolute atomic E-state index is 0.146. The Bertz CT molecular complexity index is 1750. The molecule has 48 heavy (non-hydrogen) atoms. The number of nitrogens with one attached hydrogen (secondary N) is 1. The van der Waals surface area contributed by atoms with E-state index in [9.17, 15) is 31.2 Å². The molecular formula is C28H31ClF3N9O6S. The molecule has 2 aliphatic rings. The molecule has 3 heterocycles. The van der Waals surface area contributed by atoms with Crippen molar-refractivity contribution >= 4 is 51.4 Å². The van der Waals surface area contributed by atoms with Crippen LogP contribution in [0.3, 0.4) is 0 Å². The number of hydrogen-bond donors (Lipinski definition) is 3. The molecule has 0 unspecified atom stereocenters. The topological polar surface area (TPSA) is 197 Å². The minimum Gasteiger partial charge on any atom is -0.475 e. The lowest BCUT2D eigenvalue weighted by Crippen LogP contribution is -2.58. The van der Waals surface area contributed by atoms with Crippen LogP contribution in [0.25, 0.3) is 11.8 Å². The van der Waals surface area contributed by atoms with Crippen molar-refractivity contribution in [2.24, 2.45) is 5.14 Å². The van der Waals surface area contributed by atoms with Gasteiger partial charge in [-0.25, -0.2) is 9.93 Å². The molecule has 0 aliphatic carbocycles. The van der Waals surface area contributed by atoms with Crippen LogP contribution in [0.4, 0.5) is 18.9 Å². The lowest BCUT2D eigenvalue weighted by Gasteiger charge is -2.40. The van der Waals surface area contributed by atoms with Crippen LogP contribution in [0.1, 0.15) is 18.9 Å². The first-order chi connectivity index (χ1) is 22.5. The van der Waals surface area contributed by atoms with Gasteiger partial charge in [0.1, 0.15) is 12.4 Å². The van der Waals surface area contributed by atoms with Crippen molar-refractivity contribution in [3.05, 3.63) is 71.5 Å². The van der Waals surface area contributed by atoms with E-state index in [1.54, 1.807) is 48.2 Å². The molecule has 2 aromatic carbocycles. The number of rotatable bonds is 7. The number of benzene rings is 2. The van der Waals surface area contributed by atoms with Crippen molar-refractivity contribution in [2.45, 2.75) is 37.6 Å². The maximum absolute atomic E-state index is 13.6. The van der Waals surface area contributed by atoms with Crippen LogP contribution in [0, 0.1) is 0 Å². The largest absolute Gasteiger partial charge is 0.490 e. The molecule has 4 N–H and O–H groups in total. The Hall–Kier alpha value is -4.43. The van der Waals surface area contributed by atoms with Crippen molar-refractivity contribution in [1.29, 1.82) is 0 Å². The van der Waals surface area contributed by atoms with Gasteiger partial charge in [-0.1, -0.05) is 29.8 Å². The van der Waals surface area contributed by atoms with Crippen LogP contribution >= 0.6 is 11.6 Å². The zero-order valence-electron chi connectivity index (χ0n) is 25.2. The van der Waals surface area contributed by atoms with E-state index in [0.29, 0.717) is 48.0 Å². The number of halogens is 4. The molecule has 5 rings (SSSR count). The number of aliphatic carboxylic acids is 1. The number of piperazine rings is 1. The smallest absolute Gasteiger partial charge is 0.475 e. The predicted molar refractivity (Wildman–Crippen MR) is 167 cm³/mol. The summed E-state index contributed by atoms with van der Waals surface area (Å²) in [4.78, 5) is 39.6. The molecule has 0 spiro atoms. The summed E-state index contributed by atoms with van der Waals surface area (Å²) in [6, 6.07) is 13.0. The third-order valence-corrected chi connectivity index (χ3v) is 9.01. The summed E-state index contributed by atoms with van der Waals surface area (Å²) < 4.78 is 58.4. The maximum Gasteiger partial charge on any atom is 0.490 e. The highest BCUT2D eigenvalue weighted by molar-refractivity contribution is 7.86. The van der Waals surface area contributed by atoms with Crippen LogP contribution in [0.2, 0.25) is 5.02 Å². The quantitative estimate of drug-likeness (QED) is 0.304. The van der Waals surface area contributed by atoms with Gasteiger partial charge < -0.3 is 15.3 Å². The molecule has 258 valence electrons. The summed E-state index contributed by atoms with van der Waals surface area (Å²) in [7, 11) is -3.82. The van der Waals surface area contributed by atoms with Gasteiger partial charge in [0, 0.05) is 60.6 Å². The van der Waals surface area contributed by atoms with E-state index >= 15 is 0 Å². The fourth-order valence-electron chi connectivity index (χ4n) is 5.39. The van der Waals surface area contributed by atoms with Gasteiger partial charge in [0.2, 0.25) is 11.8 Å². The van der Waals surface area contributed by atoms with Gasteiger partial charge in [-0.05, 0) is 60.2 Å². The van der Waals surface area contributed by atoms with Gasteiger partial charge in [-0.3, -0.25) is 14.5 Å². The third kappa shape index (κ3) is 9.34. The average molecular weight is 714 g/mol. The first kappa shape index (κ1) is 36.4. The highest BCUT2D eigenvalue weighted by Crippen LogP contribution is 2.27. The Labute approximate surface area is 277 Å². The SMILES string of the molecule is C[C@H]1CN([C@H]2C[C@@H](C(=O)Nc3ccccc3)N(C(=O)C=Cc3cc(Cl)ccc3-n3cnnn3)C2)CCN1S(N)(=O)=O.O=C(O)C(F)(F)F. The lowest BCUT2D eigenvalue weighted by atomic mass is 10.1. The van der Waals surface area contributed by atoms with Crippen molar-refractivity contribution in [3.8, 4) is 5.69 Å². The van der Waals surface area contributed by atoms with Crippen molar-refractivity contribution in [1.82, 2.24) is 34.3 Å². The second-order valence-corrected chi connectivity index (χ2v) is 12.8. The minimum atomic E-state index is -5.08. The highest BCUT2D eigenvalue weighted by atomic mass is 35.5. The van der Waals surface area contributed by atoms with E-state index in [2.05, 4.69) is 25.7 Å². The van der Waals surface area contributed by atoms with Crippen LogP contribution in [0.5, 0.6) is 0 Å². The van der Waals surface area contributed by atoms with E-state index < -0.39 is 28.4 Å². The summed E-state index contributed by atoms with van der Waals surface area (Å²) in [5, 5.41) is 27.1. The predicted octanol–water partition coefficient (Wildman–Crippen LogP) is 1.78. The molecule has 0 radical (unpaired) electrons. The Morgan fingerprint density at radius 2 is 1.79 bits per heavy atom. The van der Waals surface area contributed by atoms with Gasteiger partial charge in [0.15, 0.2) is 0 Å². The van der Waals surface area contributed by atoms with Crippen LogP contribution in [0.15, 0.2) is 60.9 Å². The van der Waals surface area contributed by atoms with Gasteiger partial charge >= 0.3 is 12.1 Å². The Morgan fingerprint density at radius 1 is 1.10 bits per heavy atom. The van der Waals surface area contributed by atoms with E-state index in [1.165, 1.54) is 21.4 Å².